The number of aliphatic carboxylic acids is 1. The van der Waals surface area contributed by atoms with Gasteiger partial charge in [-0.3, -0.25) is 9.59 Å². The zero-order valence-electron chi connectivity index (χ0n) is 9.87. The first-order valence-electron chi connectivity index (χ1n) is 5.87. The Morgan fingerprint density at radius 3 is 2.17 bits per heavy atom. The van der Waals surface area contributed by atoms with E-state index in [2.05, 4.69) is 0 Å². The van der Waals surface area contributed by atoms with Crippen LogP contribution in [0.15, 0.2) is 0 Å². The van der Waals surface area contributed by atoms with Crippen molar-refractivity contribution in [2.45, 2.75) is 38.3 Å². The highest BCUT2D eigenvalue weighted by Gasteiger charge is 2.36. The number of carboxylic acid groups (broad SMARTS) is 1. The van der Waals surface area contributed by atoms with Gasteiger partial charge >= 0.3 is 12.1 Å². The molecule has 1 saturated carbocycles. The van der Waals surface area contributed by atoms with Gasteiger partial charge in [0, 0.05) is 5.92 Å². The number of carbonyl (C=O) groups excluding carboxylic acids is 1. The minimum atomic E-state index is -4.57. The average Bonchev–Trinajstić information content (AvgIpc) is 2.26. The smallest absolute Gasteiger partial charge is 0.406 e. The van der Waals surface area contributed by atoms with Crippen LogP contribution in [0.25, 0.3) is 0 Å². The van der Waals surface area contributed by atoms with Gasteiger partial charge in [0.1, 0.15) is 13.1 Å². The predicted molar refractivity (Wildman–Crippen MR) is 56.8 cm³/mol. The first-order valence-corrected chi connectivity index (χ1v) is 5.87. The molecule has 7 heteroatoms. The van der Waals surface area contributed by atoms with Gasteiger partial charge in [-0.1, -0.05) is 19.3 Å². The van der Waals surface area contributed by atoms with Crippen LogP contribution in [-0.4, -0.2) is 41.1 Å². The number of carboxylic acids is 1. The van der Waals surface area contributed by atoms with Gasteiger partial charge < -0.3 is 10.0 Å². The van der Waals surface area contributed by atoms with Crippen LogP contribution in [0.1, 0.15) is 32.1 Å². The molecule has 4 nitrogen and oxygen atoms in total. The Bertz CT molecular complexity index is 311. The fourth-order valence-electron chi connectivity index (χ4n) is 2.20. The summed E-state index contributed by atoms with van der Waals surface area (Å²) in [7, 11) is 0. The lowest BCUT2D eigenvalue weighted by Gasteiger charge is -2.28. The van der Waals surface area contributed by atoms with Crippen molar-refractivity contribution in [3.8, 4) is 0 Å². The summed E-state index contributed by atoms with van der Waals surface area (Å²) in [5.74, 6) is -2.57. The largest absolute Gasteiger partial charge is 0.480 e. The zero-order chi connectivity index (χ0) is 13.8. The van der Waals surface area contributed by atoms with Gasteiger partial charge in [-0.2, -0.15) is 13.2 Å². The van der Waals surface area contributed by atoms with Crippen LogP contribution in [0, 0.1) is 5.92 Å². The monoisotopic (exact) mass is 267 g/mol. The number of halogens is 3. The van der Waals surface area contributed by atoms with Crippen molar-refractivity contribution in [3.63, 3.8) is 0 Å². The average molecular weight is 267 g/mol. The SMILES string of the molecule is O=C(O)CN(CC(F)(F)F)C(=O)C1CCCCC1. The van der Waals surface area contributed by atoms with Crippen molar-refractivity contribution in [3.05, 3.63) is 0 Å². The van der Waals surface area contributed by atoms with E-state index in [4.69, 9.17) is 5.11 Å². The Hall–Kier alpha value is -1.27. The summed E-state index contributed by atoms with van der Waals surface area (Å²) in [5, 5.41) is 8.57. The van der Waals surface area contributed by atoms with E-state index >= 15 is 0 Å². The molecule has 0 atom stereocenters. The number of nitrogens with zero attached hydrogens (tertiary/aromatic N) is 1. The van der Waals surface area contributed by atoms with E-state index in [1.807, 2.05) is 0 Å². The van der Waals surface area contributed by atoms with Gasteiger partial charge in [-0.25, -0.2) is 0 Å². The second-order valence-corrected chi connectivity index (χ2v) is 4.54. The summed E-state index contributed by atoms with van der Waals surface area (Å²) < 4.78 is 36.9. The predicted octanol–water partition coefficient (Wildman–Crippen LogP) is 2.04. The van der Waals surface area contributed by atoms with E-state index < -0.39 is 37.1 Å². The standard InChI is InChI=1S/C11H16F3NO3/c12-11(13,14)7-15(6-9(16)17)10(18)8-4-2-1-3-5-8/h8H,1-7H2,(H,16,17). The molecule has 1 fully saturated rings. The van der Waals surface area contributed by atoms with E-state index in [0.29, 0.717) is 17.7 Å². The second kappa shape index (κ2) is 6.06. The molecule has 0 saturated heterocycles. The molecule has 0 spiro atoms. The van der Waals surface area contributed by atoms with Crippen molar-refractivity contribution in [2.75, 3.05) is 13.1 Å². The summed E-state index contributed by atoms with van der Waals surface area (Å²) in [6, 6.07) is 0. The van der Waals surface area contributed by atoms with E-state index in [-0.39, 0.29) is 0 Å². The van der Waals surface area contributed by atoms with E-state index in [1.54, 1.807) is 0 Å². The molecule has 1 N–H and O–H groups in total. The number of rotatable bonds is 4. The number of carbonyl (C=O) groups is 2. The molecule has 18 heavy (non-hydrogen) atoms. The molecule has 0 aliphatic heterocycles. The molecule has 0 bridgehead atoms. The summed E-state index contributed by atoms with van der Waals surface area (Å²) in [6.45, 7) is -2.39. The minimum absolute atomic E-state index is 0.401. The van der Waals surface area contributed by atoms with Gasteiger partial charge in [-0.15, -0.1) is 0 Å². The third kappa shape index (κ3) is 4.93. The lowest BCUT2D eigenvalue weighted by molar-refractivity contribution is -0.168. The van der Waals surface area contributed by atoms with Crippen molar-refractivity contribution in [1.29, 1.82) is 0 Å². The van der Waals surface area contributed by atoms with Crippen LogP contribution in [0.2, 0.25) is 0 Å². The molecule has 0 radical (unpaired) electrons. The molecular weight excluding hydrogens is 251 g/mol. The fraction of sp³-hybridized carbons (Fsp3) is 0.818. The van der Waals surface area contributed by atoms with E-state index in [0.717, 1.165) is 19.3 Å². The summed E-state index contributed by atoms with van der Waals surface area (Å²) >= 11 is 0. The highest BCUT2D eigenvalue weighted by atomic mass is 19.4. The fourth-order valence-corrected chi connectivity index (χ4v) is 2.20. The quantitative estimate of drug-likeness (QED) is 0.848. The maximum absolute atomic E-state index is 12.3. The Morgan fingerprint density at radius 1 is 1.17 bits per heavy atom. The number of hydrogen-bond donors (Lipinski definition) is 1. The number of amides is 1. The molecule has 104 valence electrons. The maximum Gasteiger partial charge on any atom is 0.406 e. The Balaban J connectivity index is 2.68. The molecule has 1 rings (SSSR count). The molecular formula is C11H16F3NO3. The molecule has 1 aliphatic rings. The first-order chi connectivity index (χ1) is 8.29. The zero-order valence-corrected chi connectivity index (χ0v) is 9.87. The normalized spacial score (nSPS) is 17.5. The number of alkyl halides is 3. The maximum atomic E-state index is 12.3. The van der Waals surface area contributed by atoms with Gasteiger partial charge in [0.25, 0.3) is 0 Å². The van der Waals surface area contributed by atoms with Crippen molar-refractivity contribution < 1.29 is 27.9 Å². The molecule has 0 aromatic rings. The first kappa shape index (κ1) is 14.8. The molecule has 0 heterocycles. The molecule has 0 aromatic heterocycles. The summed E-state index contributed by atoms with van der Waals surface area (Å²) in [6.07, 6.45) is -0.881. The Kier molecular flexibility index (Phi) is 4.98. The molecule has 1 amide bonds. The summed E-state index contributed by atoms with van der Waals surface area (Å²) in [5.41, 5.74) is 0. The minimum Gasteiger partial charge on any atom is -0.480 e. The van der Waals surface area contributed by atoms with Crippen molar-refractivity contribution in [1.82, 2.24) is 4.90 Å². The van der Waals surface area contributed by atoms with Crippen molar-refractivity contribution in [2.24, 2.45) is 5.92 Å². The summed E-state index contributed by atoms with van der Waals surface area (Å²) in [4.78, 5) is 22.8. The lowest BCUT2D eigenvalue weighted by Crippen LogP contribution is -2.45. The number of hydrogen-bond acceptors (Lipinski definition) is 2. The second-order valence-electron chi connectivity index (χ2n) is 4.54. The molecule has 0 aromatic carbocycles. The third-order valence-corrected chi connectivity index (χ3v) is 2.96. The van der Waals surface area contributed by atoms with Crippen LogP contribution in [0.5, 0.6) is 0 Å². The van der Waals surface area contributed by atoms with Gasteiger partial charge in [0.05, 0.1) is 0 Å². The highest BCUT2D eigenvalue weighted by Crippen LogP contribution is 2.26. The van der Waals surface area contributed by atoms with Crippen LogP contribution in [0.3, 0.4) is 0 Å². The molecule has 1 aliphatic carbocycles. The van der Waals surface area contributed by atoms with E-state index in [9.17, 15) is 22.8 Å². The van der Waals surface area contributed by atoms with Gasteiger partial charge in [0.15, 0.2) is 0 Å². The Morgan fingerprint density at radius 2 is 1.72 bits per heavy atom. The molecule has 0 unspecified atom stereocenters. The van der Waals surface area contributed by atoms with Crippen molar-refractivity contribution >= 4 is 11.9 Å². The van der Waals surface area contributed by atoms with Gasteiger partial charge in [0.2, 0.25) is 5.91 Å². The lowest BCUT2D eigenvalue weighted by atomic mass is 9.88. The highest BCUT2D eigenvalue weighted by molar-refractivity contribution is 5.83. The van der Waals surface area contributed by atoms with Crippen LogP contribution in [0.4, 0.5) is 13.2 Å². The third-order valence-electron chi connectivity index (χ3n) is 2.96. The topological polar surface area (TPSA) is 57.6 Å². The van der Waals surface area contributed by atoms with E-state index in [1.165, 1.54) is 0 Å². The van der Waals surface area contributed by atoms with Gasteiger partial charge in [-0.05, 0) is 12.8 Å². The van der Waals surface area contributed by atoms with Crippen LogP contribution >= 0.6 is 0 Å². The van der Waals surface area contributed by atoms with Crippen LogP contribution < -0.4 is 0 Å². The van der Waals surface area contributed by atoms with Crippen LogP contribution in [-0.2, 0) is 9.59 Å². The Labute approximate surface area is 103 Å².